The van der Waals surface area contributed by atoms with E-state index in [9.17, 15) is 28.4 Å². The maximum atomic E-state index is 13.8. The van der Waals surface area contributed by atoms with Crippen LogP contribution < -0.4 is 0 Å². The lowest BCUT2D eigenvalue weighted by Gasteiger charge is -2.31. The second-order valence-corrected chi connectivity index (χ2v) is 11.4. The van der Waals surface area contributed by atoms with Crippen LogP contribution in [0.3, 0.4) is 0 Å². The standard InChI is InChI=1S/C29H27N3O6S/c33-28-21-30(20-23-11-4-5-14-25(23)29(28,34)24-12-8-13-24)17-18-31(19-22-9-2-1-3-10-22)39(37,38)27-16-7-6-15-26(27)32(35)36/h1-16,34H,17-21H2. The fourth-order valence-corrected chi connectivity index (χ4v) is 6.55. The molecule has 9 nitrogen and oxygen atoms in total. The number of sulfonamides is 1. The molecule has 1 aliphatic carbocycles. The molecule has 0 bridgehead atoms. The van der Waals surface area contributed by atoms with Crippen LogP contribution in [0.4, 0.5) is 5.69 Å². The van der Waals surface area contributed by atoms with Crippen LogP contribution in [0.5, 0.6) is 0 Å². The molecule has 0 saturated carbocycles. The van der Waals surface area contributed by atoms with Gasteiger partial charge in [0, 0.05) is 37.8 Å². The zero-order valence-electron chi connectivity index (χ0n) is 21.0. The van der Waals surface area contributed by atoms with Gasteiger partial charge in [0.2, 0.25) is 10.0 Å². The first-order chi connectivity index (χ1) is 18.7. The Bertz CT molecular complexity index is 1590. The predicted octanol–water partition coefficient (Wildman–Crippen LogP) is 3.55. The summed E-state index contributed by atoms with van der Waals surface area (Å²) in [7, 11) is -4.28. The Morgan fingerprint density at radius 3 is 2.33 bits per heavy atom. The van der Waals surface area contributed by atoms with Crippen molar-refractivity contribution in [2.75, 3.05) is 19.6 Å². The van der Waals surface area contributed by atoms with Crippen LogP contribution in [0, 0.1) is 10.1 Å². The van der Waals surface area contributed by atoms with E-state index in [-0.39, 0.29) is 31.1 Å². The molecule has 1 unspecified atom stereocenters. The average Bonchev–Trinajstić information content (AvgIpc) is 3.00. The summed E-state index contributed by atoms with van der Waals surface area (Å²) in [6.45, 7) is 0.361. The molecule has 0 amide bonds. The van der Waals surface area contributed by atoms with Gasteiger partial charge >= 0.3 is 0 Å². The van der Waals surface area contributed by atoms with Crippen LogP contribution in [-0.4, -0.2) is 53.1 Å². The molecule has 5 rings (SSSR count). The number of Topliss-reactive ketones (excluding diaryl/α,β-unsaturated/α-hetero) is 1. The third-order valence-corrected chi connectivity index (χ3v) is 8.98. The highest BCUT2D eigenvalue weighted by atomic mass is 32.2. The minimum Gasteiger partial charge on any atom is -0.373 e. The van der Waals surface area contributed by atoms with Crippen molar-refractivity contribution in [2.45, 2.75) is 23.6 Å². The van der Waals surface area contributed by atoms with Gasteiger partial charge in [-0.15, -0.1) is 0 Å². The van der Waals surface area contributed by atoms with E-state index < -0.39 is 32.0 Å². The molecule has 0 fully saturated rings. The summed E-state index contributed by atoms with van der Waals surface area (Å²) in [4.78, 5) is 25.8. The normalized spacial score (nSPS) is 19.2. The molecule has 10 heteroatoms. The third kappa shape index (κ3) is 5.07. The number of nitro groups is 1. The zero-order valence-corrected chi connectivity index (χ0v) is 21.8. The van der Waals surface area contributed by atoms with Crippen molar-refractivity contribution in [2.24, 2.45) is 0 Å². The summed E-state index contributed by atoms with van der Waals surface area (Å²) in [5.41, 5.74) is 0.244. The van der Waals surface area contributed by atoms with Crippen LogP contribution in [0.15, 0.2) is 108 Å². The molecule has 0 saturated heterocycles. The van der Waals surface area contributed by atoms with Crippen LogP contribution in [0.25, 0.3) is 0 Å². The Kier molecular flexibility index (Phi) is 7.28. The number of carbonyl (C=O) groups excluding carboxylic acids is 1. The number of aliphatic hydroxyl groups is 1. The second-order valence-electron chi connectivity index (χ2n) is 9.53. The molecule has 1 heterocycles. The number of hydrogen-bond acceptors (Lipinski definition) is 7. The van der Waals surface area contributed by atoms with Crippen molar-refractivity contribution in [3.05, 3.63) is 129 Å². The Hall–Kier alpha value is -3.96. The van der Waals surface area contributed by atoms with Gasteiger partial charge in [-0.25, -0.2) is 8.42 Å². The quantitative estimate of drug-likeness (QED) is 0.322. The second kappa shape index (κ2) is 10.7. The molecular formula is C29H27N3O6S. The minimum atomic E-state index is -4.28. The van der Waals surface area contributed by atoms with E-state index in [4.69, 9.17) is 0 Å². The van der Waals surface area contributed by atoms with Gasteiger partial charge in [0.1, 0.15) is 0 Å². The van der Waals surface area contributed by atoms with Gasteiger partial charge < -0.3 is 5.11 Å². The van der Waals surface area contributed by atoms with E-state index in [1.54, 1.807) is 59.5 Å². The average molecular weight is 546 g/mol. The van der Waals surface area contributed by atoms with Crippen molar-refractivity contribution in [1.82, 2.24) is 9.21 Å². The number of benzene rings is 3. The maximum Gasteiger partial charge on any atom is 0.289 e. The Labute approximate surface area is 226 Å². The van der Waals surface area contributed by atoms with Gasteiger partial charge in [-0.05, 0) is 22.8 Å². The first-order valence-corrected chi connectivity index (χ1v) is 13.9. The number of fused-ring (bicyclic) bond motifs is 1. The molecule has 1 atom stereocenters. The molecule has 1 aliphatic heterocycles. The number of ketones is 1. The highest BCUT2D eigenvalue weighted by molar-refractivity contribution is 7.89. The van der Waals surface area contributed by atoms with E-state index in [1.807, 2.05) is 18.2 Å². The number of allylic oxidation sites excluding steroid dienone is 2. The van der Waals surface area contributed by atoms with Gasteiger partial charge in [-0.3, -0.25) is 19.8 Å². The van der Waals surface area contributed by atoms with E-state index >= 15 is 0 Å². The van der Waals surface area contributed by atoms with Gasteiger partial charge in [-0.1, -0.05) is 85.0 Å². The highest BCUT2D eigenvalue weighted by Gasteiger charge is 2.45. The number of carbonyl (C=O) groups is 1. The number of para-hydroxylation sites is 1. The third-order valence-electron chi connectivity index (χ3n) is 7.09. The molecular weight excluding hydrogens is 518 g/mol. The van der Waals surface area contributed by atoms with Gasteiger partial charge in [0.05, 0.1) is 11.5 Å². The monoisotopic (exact) mass is 545 g/mol. The molecule has 3 aromatic rings. The van der Waals surface area contributed by atoms with E-state index in [2.05, 4.69) is 0 Å². The summed E-state index contributed by atoms with van der Waals surface area (Å²) < 4.78 is 28.8. The van der Waals surface area contributed by atoms with Crippen LogP contribution >= 0.6 is 0 Å². The molecule has 1 N–H and O–H groups in total. The molecule has 39 heavy (non-hydrogen) atoms. The summed E-state index contributed by atoms with van der Waals surface area (Å²) in [6.07, 6.45) is 5.19. The number of rotatable bonds is 9. The Balaban J connectivity index is 1.45. The van der Waals surface area contributed by atoms with Crippen molar-refractivity contribution in [1.29, 1.82) is 0 Å². The SMILES string of the molecule is O=C1CN(CCN(Cc2ccccc2)S(=O)(=O)c2ccccc2[N+](=O)[O-])Cc2ccccc2C1(O)C1=CC=C1. The van der Waals surface area contributed by atoms with Gasteiger partial charge in [0.25, 0.3) is 5.69 Å². The molecule has 0 spiro atoms. The van der Waals surface area contributed by atoms with Gasteiger partial charge in [-0.2, -0.15) is 4.31 Å². The lowest BCUT2D eigenvalue weighted by atomic mass is 9.78. The van der Waals surface area contributed by atoms with E-state index in [0.717, 1.165) is 11.1 Å². The zero-order chi connectivity index (χ0) is 27.6. The van der Waals surface area contributed by atoms with Crippen molar-refractivity contribution in [3.63, 3.8) is 0 Å². The van der Waals surface area contributed by atoms with Gasteiger partial charge in [0.15, 0.2) is 16.3 Å². The lowest BCUT2D eigenvalue weighted by Crippen LogP contribution is -2.44. The lowest BCUT2D eigenvalue weighted by molar-refractivity contribution is -0.387. The molecule has 0 aromatic heterocycles. The van der Waals surface area contributed by atoms with Crippen LogP contribution in [-0.2, 0) is 33.5 Å². The summed E-state index contributed by atoms with van der Waals surface area (Å²) >= 11 is 0. The first kappa shape index (κ1) is 26.6. The smallest absolute Gasteiger partial charge is 0.289 e. The Morgan fingerprint density at radius 2 is 1.64 bits per heavy atom. The Morgan fingerprint density at radius 1 is 0.974 bits per heavy atom. The first-order valence-electron chi connectivity index (χ1n) is 12.4. The summed E-state index contributed by atoms with van der Waals surface area (Å²) in [6, 6.07) is 21.4. The number of nitro benzene ring substituents is 1. The van der Waals surface area contributed by atoms with Crippen molar-refractivity contribution in [3.8, 4) is 0 Å². The highest BCUT2D eigenvalue weighted by Crippen LogP contribution is 2.39. The van der Waals surface area contributed by atoms with E-state index in [0.29, 0.717) is 17.7 Å². The largest absolute Gasteiger partial charge is 0.373 e. The predicted molar refractivity (Wildman–Crippen MR) is 145 cm³/mol. The topological polar surface area (TPSA) is 121 Å². The summed E-state index contributed by atoms with van der Waals surface area (Å²) in [5, 5.41) is 23.2. The molecule has 200 valence electrons. The fraction of sp³-hybridized carbons (Fsp3) is 0.207. The van der Waals surface area contributed by atoms with Crippen LogP contribution in [0.2, 0.25) is 0 Å². The minimum absolute atomic E-state index is 0.00475. The maximum absolute atomic E-state index is 13.8. The number of nitrogens with zero attached hydrogens (tertiary/aromatic N) is 3. The molecule has 2 aliphatic rings. The summed E-state index contributed by atoms with van der Waals surface area (Å²) in [5.74, 6) is -0.404. The van der Waals surface area contributed by atoms with Crippen molar-refractivity contribution < 1.29 is 23.2 Å². The fourth-order valence-electron chi connectivity index (χ4n) is 4.97. The van der Waals surface area contributed by atoms with Crippen LogP contribution in [0.1, 0.15) is 16.7 Å². The van der Waals surface area contributed by atoms with Crippen molar-refractivity contribution >= 4 is 21.5 Å². The molecule has 0 radical (unpaired) electrons. The number of hydrogen-bond donors (Lipinski definition) is 1. The molecule has 3 aromatic carbocycles. The van der Waals surface area contributed by atoms with E-state index in [1.165, 1.54) is 28.6 Å².